The SMILES string of the molecule is COc1ccc2cc(CN(C(=O)C3CCCO3)c3ccc(C)c(C)c3)c(=O)[nH]c2c1. The summed E-state index contributed by atoms with van der Waals surface area (Å²) < 4.78 is 10.9. The Morgan fingerprint density at radius 2 is 2.00 bits per heavy atom. The highest BCUT2D eigenvalue weighted by Crippen LogP contribution is 2.25. The standard InChI is InChI=1S/C24H26N2O4/c1-15-6-8-19(11-16(15)2)26(24(28)22-5-4-10-30-22)14-18-12-17-7-9-20(29-3)13-21(17)25-23(18)27/h6-9,11-13,22H,4-5,10,14H2,1-3H3,(H,25,27). The number of aryl methyl sites for hydroxylation is 2. The monoisotopic (exact) mass is 406 g/mol. The molecule has 1 aromatic heterocycles. The molecule has 0 saturated carbocycles. The van der Waals surface area contributed by atoms with Gasteiger partial charge in [0.05, 0.1) is 19.2 Å². The lowest BCUT2D eigenvalue weighted by Gasteiger charge is -2.26. The van der Waals surface area contributed by atoms with Crippen molar-refractivity contribution in [2.45, 2.75) is 39.3 Å². The number of anilines is 1. The number of benzene rings is 2. The van der Waals surface area contributed by atoms with Crippen LogP contribution in [0.5, 0.6) is 5.75 Å². The van der Waals surface area contributed by atoms with Gasteiger partial charge in [-0.05, 0) is 73.5 Å². The van der Waals surface area contributed by atoms with E-state index >= 15 is 0 Å². The number of hydrogen-bond acceptors (Lipinski definition) is 4. The predicted octanol–water partition coefficient (Wildman–Crippen LogP) is 3.87. The normalized spacial score (nSPS) is 16.0. The molecule has 2 heterocycles. The molecule has 1 fully saturated rings. The zero-order valence-corrected chi connectivity index (χ0v) is 17.5. The molecule has 4 rings (SSSR count). The molecule has 6 heteroatoms. The van der Waals surface area contributed by atoms with Crippen LogP contribution in [0.25, 0.3) is 10.9 Å². The summed E-state index contributed by atoms with van der Waals surface area (Å²) >= 11 is 0. The minimum absolute atomic E-state index is 0.106. The second kappa shape index (κ2) is 8.32. The van der Waals surface area contributed by atoms with E-state index in [0.29, 0.717) is 29.9 Å². The van der Waals surface area contributed by atoms with Gasteiger partial charge in [-0.3, -0.25) is 9.59 Å². The fourth-order valence-corrected chi connectivity index (χ4v) is 3.78. The lowest BCUT2D eigenvalue weighted by atomic mass is 10.1. The number of amides is 1. The second-order valence-corrected chi connectivity index (χ2v) is 7.77. The molecule has 1 aliphatic rings. The summed E-state index contributed by atoms with van der Waals surface area (Å²) in [6.07, 6.45) is 1.11. The number of carbonyl (C=O) groups is 1. The van der Waals surface area contributed by atoms with Crippen molar-refractivity contribution in [3.8, 4) is 5.75 Å². The summed E-state index contributed by atoms with van der Waals surface area (Å²) in [6.45, 7) is 4.82. The summed E-state index contributed by atoms with van der Waals surface area (Å²) in [5, 5.41) is 0.884. The molecule has 1 N–H and O–H groups in total. The van der Waals surface area contributed by atoms with Gasteiger partial charge in [-0.15, -0.1) is 0 Å². The topological polar surface area (TPSA) is 71.6 Å². The minimum Gasteiger partial charge on any atom is -0.497 e. The molecule has 0 aliphatic carbocycles. The van der Waals surface area contributed by atoms with Crippen molar-refractivity contribution in [1.82, 2.24) is 4.98 Å². The molecule has 156 valence electrons. The first-order chi connectivity index (χ1) is 14.5. The van der Waals surface area contributed by atoms with E-state index < -0.39 is 6.10 Å². The maximum Gasteiger partial charge on any atom is 0.256 e. The first kappa shape index (κ1) is 20.2. The van der Waals surface area contributed by atoms with Crippen LogP contribution in [0.4, 0.5) is 5.69 Å². The van der Waals surface area contributed by atoms with Crippen molar-refractivity contribution in [1.29, 1.82) is 0 Å². The summed E-state index contributed by atoms with van der Waals surface area (Å²) in [4.78, 5) is 30.7. The van der Waals surface area contributed by atoms with E-state index in [1.807, 2.05) is 50.2 Å². The van der Waals surface area contributed by atoms with Crippen molar-refractivity contribution < 1.29 is 14.3 Å². The second-order valence-electron chi connectivity index (χ2n) is 7.77. The van der Waals surface area contributed by atoms with Crippen LogP contribution in [0.2, 0.25) is 0 Å². The first-order valence-corrected chi connectivity index (χ1v) is 10.2. The number of methoxy groups -OCH3 is 1. The lowest BCUT2D eigenvalue weighted by Crippen LogP contribution is -2.39. The molecule has 3 aromatic rings. The number of nitrogens with one attached hydrogen (secondary N) is 1. The van der Waals surface area contributed by atoms with E-state index in [-0.39, 0.29) is 18.0 Å². The molecule has 0 radical (unpaired) electrons. The van der Waals surface area contributed by atoms with Crippen LogP contribution < -0.4 is 15.2 Å². The third-order valence-electron chi connectivity index (χ3n) is 5.73. The Labute approximate surface area is 175 Å². The van der Waals surface area contributed by atoms with E-state index in [4.69, 9.17) is 9.47 Å². The number of carbonyl (C=O) groups excluding carboxylic acids is 1. The van der Waals surface area contributed by atoms with Gasteiger partial charge in [0.15, 0.2) is 0 Å². The molecule has 0 bridgehead atoms. The number of rotatable bonds is 5. The number of pyridine rings is 1. The zero-order valence-electron chi connectivity index (χ0n) is 17.5. The lowest BCUT2D eigenvalue weighted by molar-refractivity contribution is -0.127. The number of H-pyrrole nitrogens is 1. The molecule has 1 atom stereocenters. The minimum atomic E-state index is -0.463. The van der Waals surface area contributed by atoms with Crippen molar-refractivity contribution >= 4 is 22.5 Å². The number of hydrogen-bond donors (Lipinski definition) is 1. The van der Waals surface area contributed by atoms with E-state index in [9.17, 15) is 9.59 Å². The van der Waals surface area contributed by atoms with Gasteiger partial charge in [-0.2, -0.15) is 0 Å². The molecule has 6 nitrogen and oxygen atoms in total. The first-order valence-electron chi connectivity index (χ1n) is 10.2. The Morgan fingerprint density at radius 3 is 2.70 bits per heavy atom. The van der Waals surface area contributed by atoms with Crippen LogP contribution >= 0.6 is 0 Å². The van der Waals surface area contributed by atoms with Crippen LogP contribution in [0, 0.1) is 13.8 Å². The highest BCUT2D eigenvalue weighted by atomic mass is 16.5. The average Bonchev–Trinajstić information content (AvgIpc) is 3.28. The number of nitrogens with zero attached hydrogens (tertiary/aromatic N) is 1. The number of aromatic nitrogens is 1. The smallest absolute Gasteiger partial charge is 0.256 e. The van der Waals surface area contributed by atoms with E-state index in [2.05, 4.69) is 4.98 Å². The molecular weight excluding hydrogens is 380 g/mol. The fourth-order valence-electron chi connectivity index (χ4n) is 3.78. The molecule has 1 aliphatic heterocycles. The maximum atomic E-state index is 13.3. The quantitative estimate of drug-likeness (QED) is 0.698. The van der Waals surface area contributed by atoms with Crippen LogP contribution in [0.1, 0.15) is 29.5 Å². The number of fused-ring (bicyclic) bond motifs is 1. The van der Waals surface area contributed by atoms with Gasteiger partial charge in [-0.1, -0.05) is 6.07 Å². The molecular formula is C24H26N2O4. The summed E-state index contributed by atoms with van der Waals surface area (Å²) in [5.41, 5.74) is 4.03. The largest absolute Gasteiger partial charge is 0.497 e. The van der Waals surface area contributed by atoms with Gasteiger partial charge < -0.3 is 19.4 Å². The maximum absolute atomic E-state index is 13.3. The molecule has 1 amide bonds. The number of ether oxygens (including phenoxy) is 2. The molecule has 1 saturated heterocycles. The van der Waals surface area contributed by atoms with Crippen LogP contribution in [0.3, 0.4) is 0 Å². The predicted molar refractivity (Wildman–Crippen MR) is 117 cm³/mol. The molecule has 30 heavy (non-hydrogen) atoms. The zero-order chi connectivity index (χ0) is 21.3. The van der Waals surface area contributed by atoms with Gasteiger partial charge in [0.25, 0.3) is 11.5 Å². The van der Waals surface area contributed by atoms with E-state index in [0.717, 1.165) is 28.6 Å². The van der Waals surface area contributed by atoms with E-state index in [1.165, 1.54) is 0 Å². The summed E-state index contributed by atoms with van der Waals surface area (Å²) in [5.74, 6) is 0.571. The van der Waals surface area contributed by atoms with Crippen LogP contribution in [0.15, 0.2) is 47.3 Å². The van der Waals surface area contributed by atoms with Gasteiger partial charge >= 0.3 is 0 Å². The Kier molecular flexibility index (Phi) is 5.59. The Bertz CT molecular complexity index is 1150. The van der Waals surface area contributed by atoms with Crippen molar-refractivity contribution in [3.05, 3.63) is 69.5 Å². The third kappa shape index (κ3) is 3.96. The molecule has 0 spiro atoms. The van der Waals surface area contributed by atoms with Gasteiger partial charge in [0, 0.05) is 23.9 Å². The summed E-state index contributed by atoms with van der Waals surface area (Å²) in [6, 6.07) is 13.3. The van der Waals surface area contributed by atoms with Crippen LogP contribution in [-0.2, 0) is 16.1 Å². The van der Waals surface area contributed by atoms with Gasteiger partial charge in [0.2, 0.25) is 0 Å². The van der Waals surface area contributed by atoms with Crippen LogP contribution in [-0.4, -0.2) is 30.7 Å². The van der Waals surface area contributed by atoms with Gasteiger partial charge in [-0.25, -0.2) is 0 Å². The Balaban J connectivity index is 1.73. The average molecular weight is 406 g/mol. The highest BCUT2D eigenvalue weighted by Gasteiger charge is 2.30. The Morgan fingerprint density at radius 1 is 1.17 bits per heavy atom. The van der Waals surface area contributed by atoms with Gasteiger partial charge in [0.1, 0.15) is 11.9 Å². The fraction of sp³-hybridized carbons (Fsp3) is 0.333. The Hall–Kier alpha value is -3.12. The summed E-state index contributed by atoms with van der Waals surface area (Å²) in [7, 11) is 1.59. The molecule has 2 aromatic carbocycles. The van der Waals surface area contributed by atoms with Crippen molar-refractivity contribution in [2.24, 2.45) is 0 Å². The van der Waals surface area contributed by atoms with Crippen molar-refractivity contribution in [3.63, 3.8) is 0 Å². The third-order valence-corrected chi connectivity index (χ3v) is 5.73. The molecule has 1 unspecified atom stereocenters. The highest BCUT2D eigenvalue weighted by molar-refractivity contribution is 5.97. The van der Waals surface area contributed by atoms with Crippen molar-refractivity contribution in [2.75, 3.05) is 18.6 Å². The van der Waals surface area contributed by atoms with E-state index in [1.54, 1.807) is 18.1 Å². The number of aromatic amines is 1.